The minimum absolute atomic E-state index is 0. The first-order valence-electron chi connectivity index (χ1n) is 12.3. The third-order valence-electron chi connectivity index (χ3n) is 6.00. The molecule has 0 unspecified atom stereocenters. The Morgan fingerprint density at radius 3 is 2.03 bits per heavy atom. The zero-order valence-corrected chi connectivity index (χ0v) is 22.3. The van der Waals surface area contributed by atoms with Crippen LogP contribution < -0.4 is 9.30 Å². The number of benzene rings is 1. The van der Waals surface area contributed by atoms with E-state index < -0.39 is 0 Å². The Balaban J connectivity index is 0.00000480. The Morgan fingerprint density at radius 1 is 0.742 bits per heavy atom. The lowest BCUT2D eigenvalue weighted by atomic mass is 10.00. The molecule has 2 nitrogen and oxygen atoms in total. The molecule has 0 N–H and O–H groups in total. The number of hydrogen-bond donors (Lipinski definition) is 0. The van der Waals surface area contributed by atoms with Crippen molar-refractivity contribution in [2.24, 2.45) is 0 Å². The number of aromatic nitrogens is 1. The molecule has 31 heavy (non-hydrogen) atoms. The molecule has 0 aliphatic carbocycles. The summed E-state index contributed by atoms with van der Waals surface area (Å²) in [4.78, 5) is 0. The summed E-state index contributed by atoms with van der Waals surface area (Å²) < 4.78 is 8.68. The van der Waals surface area contributed by atoms with Crippen LogP contribution in [0.25, 0.3) is 0 Å². The van der Waals surface area contributed by atoms with Gasteiger partial charge in [-0.3, -0.25) is 0 Å². The van der Waals surface area contributed by atoms with Crippen LogP contribution in [0.3, 0.4) is 0 Å². The summed E-state index contributed by atoms with van der Waals surface area (Å²) in [5.41, 5.74) is 6.94. The van der Waals surface area contributed by atoms with Crippen LogP contribution in [-0.2, 0) is 19.4 Å². The lowest BCUT2D eigenvalue weighted by Crippen LogP contribution is -2.40. The fourth-order valence-electron chi connectivity index (χ4n) is 4.31. The van der Waals surface area contributed by atoms with Crippen molar-refractivity contribution in [1.82, 2.24) is 0 Å². The molecule has 0 spiro atoms. The fourth-order valence-corrected chi connectivity index (χ4v) is 4.31. The van der Waals surface area contributed by atoms with Crippen molar-refractivity contribution in [2.75, 3.05) is 6.61 Å². The van der Waals surface area contributed by atoms with Gasteiger partial charge < -0.3 is 4.74 Å². The minimum atomic E-state index is 0. The van der Waals surface area contributed by atoms with Gasteiger partial charge in [0.25, 0.3) is 0 Å². The summed E-state index contributed by atoms with van der Waals surface area (Å²) in [5, 5.41) is 0. The summed E-state index contributed by atoms with van der Waals surface area (Å²) in [6.07, 6.45) is 12.3. The van der Waals surface area contributed by atoms with Crippen molar-refractivity contribution in [2.45, 2.75) is 105 Å². The predicted molar refractivity (Wildman–Crippen MR) is 139 cm³/mol. The highest BCUT2D eigenvalue weighted by Gasteiger charge is 2.11. The van der Waals surface area contributed by atoms with Gasteiger partial charge in [-0.05, 0) is 61.8 Å². The number of aryl methyl sites for hydroxylation is 5. The van der Waals surface area contributed by atoms with E-state index in [1.54, 1.807) is 0 Å². The topological polar surface area (TPSA) is 13.1 Å². The van der Waals surface area contributed by atoms with Crippen molar-refractivity contribution in [3.63, 3.8) is 0 Å². The van der Waals surface area contributed by atoms with Gasteiger partial charge in [0.15, 0.2) is 11.4 Å². The third kappa shape index (κ3) is 9.76. The Kier molecular flexibility index (Phi) is 13.8. The monoisotopic (exact) mass is 490 g/mol. The lowest BCUT2D eigenvalue weighted by molar-refractivity contribution is -0.709. The predicted octanol–water partition coefficient (Wildman–Crippen LogP) is 7.80. The molecule has 0 bridgehead atoms. The van der Waals surface area contributed by atoms with Gasteiger partial charge in [0.2, 0.25) is 0 Å². The van der Waals surface area contributed by atoms with E-state index in [0.29, 0.717) is 0 Å². The average Bonchev–Trinajstić information content (AvgIpc) is 2.71. The van der Waals surface area contributed by atoms with E-state index in [2.05, 4.69) is 69.5 Å². The molecular weight excluding hydrogens is 446 g/mol. The second-order valence-corrected chi connectivity index (χ2v) is 8.88. The Morgan fingerprint density at radius 2 is 1.39 bits per heavy atom. The van der Waals surface area contributed by atoms with Crippen LogP contribution in [-0.4, -0.2) is 6.61 Å². The zero-order valence-electron chi connectivity index (χ0n) is 20.6. The van der Waals surface area contributed by atoms with Gasteiger partial charge in [0, 0.05) is 32.4 Å². The fraction of sp³-hybridized carbons (Fsp3) is 0.607. The molecule has 0 aliphatic rings. The van der Waals surface area contributed by atoms with E-state index in [4.69, 9.17) is 4.74 Å². The Bertz CT molecular complexity index is 749. The van der Waals surface area contributed by atoms with Crippen molar-refractivity contribution >= 4 is 17.0 Å². The van der Waals surface area contributed by atoms with Crippen LogP contribution in [0.1, 0.15) is 93.3 Å². The second kappa shape index (κ2) is 15.5. The maximum atomic E-state index is 6.26. The maximum Gasteiger partial charge on any atom is 0.178 e. The van der Waals surface area contributed by atoms with Gasteiger partial charge in [0.1, 0.15) is 12.3 Å². The molecule has 2 rings (SSSR count). The number of nitrogens with zero attached hydrogens (tertiary/aromatic N) is 1. The molecule has 0 amide bonds. The zero-order chi connectivity index (χ0) is 21.8. The normalized spacial score (nSPS) is 10.7. The van der Waals surface area contributed by atoms with Gasteiger partial charge in [-0.15, -0.1) is 17.0 Å². The number of rotatable bonds is 14. The van der Waals surface area contributed by atoms with Crippen LogP contribution in [0.5, 0.6) is 5.75 Å². The largest absolute Gasteiger partial charge is 0.493 e. The molecule has 0 fully saturated rings. The van der Waals surface area contributed by atoms with Crippen LogP contribution in [0.4, 0.5) is 0 Å². The van der Waals surface area contributed by atoms with Gasteiger partial charge in [0.05, 0.1) is 6.61 Å². The number of hydrogen-bond acceptors (Lipinski definition) is 1. The molecule has 1 heterocycles. The maximum absolute atomic E-state index is 6.26. The molecule has 2 aromatic rings. The summed E-state index contributed by atoms with van der Waals surface area (Å²) >= 11 is 0. The van der Waals surface area contributed by atoms with E-state index in [-0.39, 0.29) is 17.0 Å². The minimum Gasteiger partial charge on any atom is -0.493 e. The first kappa shape index (κ1) is 27.7. The van der Waals surface area contributed by atoms with Gasteiger partial charge >= 0.3 is 0 Å². The molecular formula is C28H45BrNO+. The van der Waals surface area contributed by atoms with Crippen LogP contribution in [0.2, 0.25) is 0 Å². The number of ether oxygens (including phenoxy) is 1. The summed E-state index contributed by atoms with van der Waals surface area (Å²) in [5.74, 6) is 1.11. The molecule has 0 saturated heterocycles. The number of pyridine rings is 1. The van der Waals surface area contributed by atoms with E-state index in [1.165, 1.54) is 73.0 Å². The van der Waals surface area contributed by atoms with Gasteiger partial charge in [-0.25, -0.2) is 4.57 Å². The smallest absolute Gasteiger partial charge is 0.178 e. The van der Waals surface area contributed by atoms with E-state index in [9.17, 15) is 0 Å². The van der Waals surface area contributed by atoms with E-state index in [1.807, 2.05) is 0 Å². The lowest BCUT2D eigenvalue weighted by Gasteiger charge is -2.14. The number of halogens is 1. The summed E-state index contributed by atoms with van der Waals surface area (Å²) in [6.45, 7) is 13.0. The first-order chi connectivity index (χ1) is 14.5. The molecule has 1 aromatic heterocycles. The van der Waals surface area contributed by atoms with Crippen molar-refractivity contribution in [3.8, 4) is 5.75 Å². The summed E-state index contributed by atoms with van der Waals surface area (Å²) in [6, 6.07) is 11.5. The highest BCUT2D eigenvalue weighted by molar-refractivity contribution is 8.93. The average molecular weight is 492 g/mol. The molecule has 1 aromatic carbocycles. The molecule has 0 saturated carbocycles. The Hall–Kier alpha value is -1.35. The second-order valence-electron chi connectivity index (χ2n) is 8.88. The van der Waals surface area contributed by atoms with Crippen LogP contribution >= 0.6 is 17.0 Å². The third-order valence-corrected chi connectivity index (χ3v) is 6.00. The standard InChI is InChI=1S/C28H44NO.BrH/c1-6-8-10-14-26-16-17-28(27(22-26)15-11-9-7-2)30-19-13-12-18-29-24(4)20-23(3)21-25(29)5;/h16-17,20-22H,6-15,18-19H2,1-5H3;1H/q+1;. The summed E-state index contributed by atoms with van der Waals surface area (Å²) in [7, 11) is 0. The van der Waals surface area contributed by atoms with Crippen LogP contribution in [0.15, 0.2) is 30.3 Å². The van der Waals surface area contributed by atoms with Crippen molar-refractivity contribution in [3.05, 3.63) is 58.4 Å². The van der Waals surface area contributed by atoms with E-state index >= 15 is 0 Å². The van der Waals surface area contributed by atoms with E-state index in [0.717, 1.165) is 38.2 Å². The molecule has 0 aliphatic heterocycles. The van der Waals surface area contributed by atoms with Crippen LogP contribution in [0, 0.1) is 20.8 Å². The van der Waals surface area contributed by atoms with Crippen molar-refractivity contribution < 1.29 is 9.30 Å². The molecule has 0 atom stereocenters. The molecule has 0 radical (unpaired) electrons. The SMILES string of the molecule is Br.CCCCCc1ccc(OCCCC[n+]2c(C)cc(C)cc2C)c(CCCCC)c1. The van der Waals surface area contributed by atoms with Gasteiger partial charge in [-0.1, -0.05) is 51.7 Å². The highest BCUT2D eigenvalue weighted by Crippen LogP contribution is 2.24. The highest BCUT2D eigenvalue weighted by atomic mass is 79.9. The Labute approximate surface area is 202 Å². The first-order valence-corrected chi connectivity index (χ1v) is 12.3. The van der Waals surface area contributed by atoms with Crippen molar-refractivity contribution in [1.29, 1.82) is 0 Å². The molecule has 174 valence electrons. The molecule has 3 heteroatoms. The quantitative estimate of drug-likeness (QED) is 0.194. The number of unbranched alkanes of at least 4 members (excludes halogenated alkanes) is 5. The van der Waals surface area contributed by atoms with Gasteiger partial charge in [-0.2, -0.15) is 0 Å².